The van der Waals surface area contributed by atoms with Crippen LogP contribution in [0.3, 0.4) is 0 Å². The van der Waals surface area contributed by atoms with Gasteiger partial charge in [0, 0.05) is 0 Å². The molecule has 1 N–H and O–H groups in total. The summed E-state index contributed by atoms with van der Waals surface area (Å²) in [5.74, 6) is 3.41. The lowest BCUT2D eigenvalue weighted by Gasteiger charge is -2.26. The van der Waals surface area contributed by atoms with Gasteiger partial charge in [-0.25, -0.2) is 0 Å². The first-order valence-electron chi connectivity index (χ1n) is 5.34. The highest BCUT2D eigenvalue weighted by molar-refractivity contribution is 7.99. The first-order chi connectivity index (χ1) is 6.64. The molecule has 0 spiro atoms. The number of rotatable bonds is 6. The Balaban J connectivity index is 1.91. The van der Waals surface area contributed by atoms with Crippen molar-refractivity contribution < 1.29 is 0 Å². The maximum Gasteiger partial charge on any atom is 0.0683 e. The highest BCUT2D eigenvalue weighted by Gasteiger charge is 2.17. The van der Waals surface area contributed by atoms with Gasteiger partial charge in [0.05, 0.1) is 11.5 Å². The van der Waals surface area contributed by atoms with E-state index in [-0.39, 0.29) is 5.41 Å². The predicted molar refractivity (Wildman–Crippen MR) is 62.3 cm³/mol. The number of hydrogen-bond acceptors (Lipinski definition) is 3. The largest absolute Gasteiger partial charge is 0.316 e. The van der Waals surface area contributed by atoms with Crippen LogP contribution in [0.15, 0.2) is 0 Å². The highest BCUT2D eigenvalue weighted by Crippen LogP contribution is 2.22. The maximum atomic E-state index is 8.82. The molecule has 0 amide bonds. The van der Waals surface area contributed by atoms with Gasteiger partial charge in [0.25, 0.3) is 0 Å². The van der Waals surface area contributed by atoms with Crippen LogP contribution < -0.4 is 5.32 Å². The third-order valence-electron chi connectivity index (χ3n) is 2.61. The van der Waals surface area contributed by atoms with E-state index in [0.717, 1.165) is 12.3 Å². The Bertz CT molecular complexity index is 204. The summed E-state index contributed by atoms with van der Waals surface area (Å²) in [6.45, 7) is 6.45. The topological polar surface area (TPSA) is 35.8 Å². The minimum Gasteiger partial charge on any atom is -0.316 e. The zero-order valence-corrected chi connectivity index (χ0v) is 9.99. The van der Waals surface area contributed by atoms with Crippen LogP contribution in [0.5, 0.6) is 0 Å². The van der Waals surface area contributed by atoms with Crippen molar-refractivity contribution in [2.45, 2.75) is 26.7 Å². The molecule has 0 unspecified atom stereocenters. The summed E-state index contributed by atoms with van der Waals surface area (Å²) < 4.78 is 0. The number of nitrogens with one attached hydrogen (secondary N) is 1. The predicted octanol–water partition coefficient (Wildman–Crippen LogP) is 2.27. The molecular formula is C11H20N2S. The summed E-state index contributed by atoms with van der Waals surface area (Å²) in [5.41, 5.74) is -0.126. The third-order valence-corrected chi connectivity index (χ3v) is 3.90. The monoisotopic (exact) mass is 212 g/mol. The fraction of sp³-hybridized carbons (Fsp3) is 0.909. The van der Waals surface area contributed by atoms with E-state index in [9.17, 15) is 0 Å². The molecule has 1 fully saturated rings. The molecule has 0 aromatic carbocycles. The van der Waals surface area contributed by atoms with Crippen LogP contribution in [-0.4, -0.2) is 24.6 Å². The van der Waals surface area contributed by atoms with Gasteiger partial charge in [-0.05, 0) is 57.2 Å². The Morgan fingerprint density at radius 2 is 2.21 bits per heavy atom. The molecular weight excluding hydrogens is 192 g/mol. The Labute approximate surface area is 91.4 Å². The van der Waals surface area contributed by atoms with Crippen LogP contribution >= 0.6 is 11.8 Å². The van der Waals surface area contributed by atoms with Crippen LogP contribution in [0, 0.1) is 22.7 Å². The van der Waals surface area contributed by atoms with Crippen LogP contribution in [0.25, 0.3) is 0 Å². The van der Waals surface area contributed by atoms with Crippen molar-refractivity contribution in [2.75, 3.05) is 24.6 Å². The molecule has 1 saturated heterocycles. The zero-order chi connectivity index (χ0) is 10.4. The summed E-state index contributed by atoms with van der Waals surface area (Å²) in [6, 6.07) is 2.34. The molecule has 3 heteroatoms. The Morgan fingerprint density at radius 3 is 2.71 bits per heavy atom. The summed E-state index contributed by atoms with van der Waals surface area (Å²) in [5, 5.41) is 12.1. The van der Waals surface area contributed by atoms with Gasteiger partial charge < -0.3 is 5.32 Å². The molecule has 1 aliphatic rings. The van der Waals surface area contributed by atoms with Gasteiger partial charge in [-0.3, -0.25) is 0 Å². The van der Waals surface area contributed by atoms with E-state index in [1.54, 1.807) is 0 Å². The fourth-order valence-electron chi connectivity index (χ4n) is 1.39. The Hall–Kier alpha value is -0.200. The second kappa shape index (κ2) is 5.63. The Kier molecular flexibility index (Phi) is 4.77. The van der Waals surface area contributed by atoms with Crippen molar-refractivity contribution in [3.63, 3.8) is 0 Å². The zero-order valence-electron chi connectivity index (χ0n) is 9.18. The molecule has 0 bridgehead atoms. The van der Waals surface area contributed by atoms with Crippen molar-refractivity contribution in [1.29, 1.82) is 5.26 Å². The fourth-order valence-corrected chi connectivity index (χ4v) is 2.47. The van der Waals surface area contributed by atoms with Gasteiger partial charge in [0.2, 0.25) is 0 Å². The smallest absolute Gasteiger partial charge is 0.0683 e. The molecule has 80 valence electrons. The van der Waals surface area contributed by atoms with Crippen LogP contribution in [-0.2, 0) is 0 Å². The van der Waals surface area contributed by atoms with Crippen LogP contribution in [0.2, 0.25) is 0 Å². The number of nitriles is 1. The van der Waals surface area contributed by atoms with Gasteiger partial charge in [0.1, 0.15) is 0 Å². The average Bonchev–Trinajstić information content (AvgIpc) is 2.08. The lowest BCUT2D eigenvalue weighted by atomic mass is 9.90. The van der Waals surface area contributed by atoms with Gasteiger partial charge in [-0.2, -0.15) is 17.0 Å². The van der Waals surface area contributed by atoms with E-state index in [2.05, 4.69) is 11.4 Å². The molecule has 1 rings (SSSR count). The van der Waals surface area contributed by atoms with Crippen molar-refractivity contribution >= 4 is 11.8 Å². The summed E-state index contributed by atoms with van der Waals surface area (Å²) in [6.07, 6.45) is 2.20. The van der Waals surface area contributed by atoms with Gasteiger partial charge in [-0.1, -0.05) is 0 Å². The van der Waals surface area contributed by atoms with E-state index < -0.39 is 0 Å². The van der Waals surface area contributed by atoms with Crippen LogP contribution in [0.1, 0.15) is 26.7 Å². The molecule has 2 nitrogen and oxygen atoms in total. The summed E-state index contributed by atoms with van der Waals surface area (Å²) in [7, 11) is 0. The first-order valence-corrected chi connectivity index (χ1v) is 6.49. The van der Waals surface area contributed by atoms with Crippen molar-refractivity contribution in [3.8, 4) is 6.07 Å². The van der Waals surface area contributed by atoms with E-state index in [0.29, 0.717) is 0 Å². The molecule has 0 aromatic heterocycles. The van der Waals surface area contributed by atoms with Crippen molar-refractivity contribution in [2.24, 2.45) is 11.3 Å². The normalized spacial score (nSPS) is 17.5. The third kappa shape index (κ3) is 4.34. The molecule has 1 aliphatic heterocycles. The second-order valence-electron chi connectivity index (χ2n) is 4.70. The SMILES string of the molecule is CC(C)(C#N)CCCSCC1CNC1. The molecule has 0 aliphatic carbocycles. The highest BCUT2D eigenvalue weighted by atomic mass is 32.2. The number of hydrogen-bond donors (Lipinski definition) is 1. The van der Waals surface area contributed by atoms with E-state index >= 15 is 0 Å². The van der Waals surface area contributed by atoms with Gasteiger partial charge in [0.15, 0.2) is 0 Å². The lowest BCUT2D eigenvalue weighted by Crippen LogP contribution is -2.43. The number of nitrogens with zero attached hydrogens (tertiary/aromatic N) is 1. The summed E-state index contributed by atoms with van der Waals surface area (Å²) in [4.78, 5) is 0. The Morgan fingerprint density at radius 1 is 1.50 bits per heavy atom. The molecule has 0 atom stereocenters. The van der Waals surface area contributed by atoms with Gasteiger partial charge in [-0.15, -0.1) is 0 Å². The minimum absolute atomic E-state index is 0.126. The second-order valence-corrected chi connectivity index (χ2v) is 5.85. The first kappa shape index (κ1) is 11.9. The molecule has 14 heavy (non-hydrogen) atoms. The minimum atomic E-state index is -0.126. The quantitative estimate of drug-likeness (QED) is 0.686. The molecule has 0 saturated carbocycles. The van der Waals surface area contributed by atoms with Crippen molar-refractivity contribution in [1.82, 2.24) is 5.32 Å². The molecule has 0 aromatic rings. The lowest BCUT2D eigenvalue weighted by molar-refractivity contribution is 0.385. The van der Waals surface area contributed by atoms with E-state index in [1.807, 2.05) is 25.6 Å². The summed E-state index contributed by atoms with van der Waals surface area (Å²) >= 11 is 2.04. The van der Waals surface area contributed by atoms with E-state index in [4.69, 9.17) is 5.26 Å². The van der Waals surface area contributed by atoms with E-state index in [1.165, 1.54) is 31.0 Å². The number of thioether (sulfide) groups is 1. The van der Waals surface area contributed by atoms with Crippen molar-refractivity contribution in [3.05, 3.63) is 0 Å². The molecule has 0 radical (unpaired) electrons. The maximum absolute atomic E-state index is 8.82. The molecule has 1 heterocycles. The van der Waals surface area contributed by atoms with Gasteiger partial charge >= 0.3 is 0 Å². The van der Waals surface area contributed by atoms with Crippen LogP contribution in [0.4, 0.5) is 0 Å². The average molecular weight is 212 g/mol. The standard InChI is InChI=1S/C11H20N2S/c1-11(2,9-12)4-3-5-14-8-10-6-13-7-10/h10,13H,3-8H2,1-2H3.